The first kappa shape index (κ1) is 12.7. The molecule has 3 rings (SSSR count). The number of nitrogens with two attached hydrogens (primary N) is 1. The molecule has 3 aromatic rings. The summed E-state index contributed by atoms with van der Waals surface area (Å²) in [5.41, 5.74) is 8.75. The predicted octanol–water partition coefficient (Wildman–Crippen LogP) is 1.96. The molecule has 0 radical (unpaired) electrons. The van der Waals surface area contributed by atoms with Crippen LogP contribution in [0, 0.1) is 13.8 Å². The minimum atomic E-state index is -0.720. The van der Waals surface area contributed by atoms with Gasteiger partial charge in [0.25, 0.3) is 5.78 Å². The minimum Gasteiger partial charge on any atom is -0.315 e. The Bertz CT molecular complexity index is 759. The van der Waals surface area contributed by atoms with E-state index in [0.717, 1.165) is 17.0 Å². The van der Waals surface area contributed by atoms with Crippen molar-refractivity contribution in [2.45, 2.75) is 26.3 Å². The second-order valence-electron chi connectivity index (χ2n) is 5.27. The Labute approximate surface area is 117 Å². The van der Waals surface area contributed by atoms with Crippen LogP contribution in [0.5, 0.6) is 0 Å². The maximum absolute atomic E-state index is 6.53. The van der Waals surface area contributed by atoms with Crippen molar-refractivity contribution in [3.05, 3.63) is 59.2 Å². The molecule has 0 bridgehead atoms. The van der Waals surface area contributed by atoms with Gasteiger partial charge in [0.2, 0.25) is 0 Å². The van der Waals surface area contributed by atoms with Gasteiger partial charge in [-0.15, -0.1) is 10.2 Å². The zero-order valence-electron chi connectivity index (χ0n) is 11.8. The van der Waals surface area contributed by atoms with Gasteiger partial charge in [-0.2, -0.15) is 0 Å². The summed E-state index contributed by atoms with van der Waals surface area (Å²) >= 11 is 0. The molecule has 0 amide bonds. The lowest BCUT2D eigenvalue weighted by Crippen LogP contribution is -2.36. The van der Waals surface area contributed by atoms with Gasteiger partial charge in [-0.1, -0.05) is 30.3 Å². The highest BCUT2D eigenvalue weighted by atomic mass is 15.3. The van der Waals surface area contributed by atoms with E-state index >= 15 is 0 Å². The molecule has 0 fully saturated rings. The van der Waals surface area contributed by atoms with Gasteiger partial charge in [0.05, 0.1) is 5.54 Å². The Morgan fingerprint density at radius 3 is 2.50 bits per heavy atom. The highest BCUT2D eigenvalue weighted by Gasteiger charge is 2.30. The van der Waals surface area contributed by atoms with Crippen LogP contribution in [-0.2, 0) is 5.54 Å². The Kier molecular flexibility index (Phi) is 2.79. The van der Waals surface area contributed by atoms with Gasteiger partial charge < -0.3 is 5.73 Å². The lowest BCUT2D eigenvalue weighted by Gasteiger charge is -2.23. The summed E-state index contributed by atoms with van der Waals surface area (Å²) in [5.74, 6) is 1.29. The monoisotopic (exact) mass is 267 g/mol. The molecular formula is C15H17N5. The summed E-state index contributed by atoms with van der Waals surface area (Å²) in [5, 5.41) is 8.42. The van der Waals surface area contributed by atoms with Gasteiger partial charge in [0.15, 0.2) is 5.82 Å². The SMILES string of the molecule is Cc1cc(C)n2c(C(C)(N)c3ccccc3)nnc2n1. The van der Waals surface area contributed by atoms with Gasteiger partial charge >= 0.3 is 0 Å². The molecule has 1 atom stereocenters. The summed E-state index contributed by atoms with van der Waals surface area (Å²) < 4.78 is 1.92. The van der Waals surface area contributed by atoms with Crippen molar-refractivity contribution in [2.24, 2.45) is 5.73 Å². The Morgan fingerprint density at radius 2 is 1.80 bits per heavy atom. The molecule has 0 aliphatic heterocycles. The number of nitrogens with zero attached hydrogens (tertiary/aromatic N) is 4. The largest absolute Gasteiger partial charge is 0.315 e. The third kappa shape index (κ3) is 1.87. The van der Waals surface area contributed by atoms with Gasteiger partial charge in [0.1, 0.15) is 0 Å². The number of rotatable bonds is 2. The van der Waals surface area contributed by atoms with Gasteiger partial charge in [-0.05, 0) is 32.4 Å². The zero-order chi connectivity index (χ0) is 14.3. The number of aromatic nitrogens is 4. The van der Waals surface area contributed by atoms with Crippen LogP contribution < -0.4 is 5.73 Å². The van der Waals surface area contributed by atoms with E-state index < -0.39 is 5.54 Å². The minimum absolute atomic E-state index is 0.588. The van der Waals surface area contributed by atoms with Crippen molar-refractivity contribution in [3.8, 4) is 0 Å². The van der Waals surface area contributed by atoms with Crippen molar-refractivity contribution in [3.63, 3.8) is 0 Å². The van der Waals surface area contributed by atoms with Crippen LogP contribution in [0.4, 0.5) is 0 Å². The second kappa shape index (κ2) is 4.38. The van der Waals surface area contributed by atoms with Crippen LogP contribution in [0.2, 0.25) is 0 Å². The lowest BCUT2D eigenvalue weighted by atomic mass is 9.92. The lowest BCUT2D eigenvalue weighted by molar-refractivity contribution is 0.548. The molecule has 5 nitrogen and oxygen atoms in total. The third-order valence-corrected chi connectivity index (χ3v) is 3.53. The zero-order valence-corrected chi connectivity index (χ0v) is 11.8. The smallest absolute Gasteiger partial charge is 0.255 e. The molecule has 2 heterocycles. The fourth-order valence-electron chi connectivity index (χ4n) is 2.48. The quantitative estimate of drug-likeness (QED) is 0.770. The fraction of sp³-hybridized carbons (Fsp3) is 0.267. The maximum atomic E-state index is 6.53. The number of benzene rings is 1. The average molecular weight is 267 g/mol. The van der Waals surface area contributed by atoms with E-state index in [0.29, 0.717) is 11.6 Å². The molecule has 0 spiro atoms. The molecule has 0 aliphatic rings. The van der Waals surface area contributed by atoms with Crippen molar-refractivity contribution in [1.29, 1.82) is 0 Å². The molecule has 2 N–H and O–H groups in total. The van der Waals surface area contributed by atoms with E-state index in [9.17, 15) is 0 Å². The number of fused-ring (bicyclic) bond motifs is 1. The van der Waals surface area contributed by atoms with Crippen molar-refractivity contribution >= 4 is 5.78 Å². The molecule has 2 aromatic heterocycles. The first-order chi connectivity index (χ1) is 9.50. The first-order valence-electron chi connectivity index (χ1n) is 6.54. The average Bonchev–Trinajstić information content (AvgIpc) is 2.84. The van der Waals surface area contributed by atoms with Crippen LogP contribution in [0.15, 0.2) is 36.4 Å². The molecule has 1 unspecified atom stereocenters. The third-order valence-electron chi connectivity index (χ3n) is 3.53. The second-order valence-corrected chi connectivity index (χ2v) is 5.27. The van der Waals surface area contributed by atoms with Gasteiger partial charge in [-0.3, -0.25) is 4.40 Å². The summed E-state index contributed by atoms with van der Waals surface area (Å²) in [6.45, 7) is 5.90. The topological polar surface area (TPSA) is 69.1 Å². The molecule has 0 saturated heterocycles. The van der Waals surface area contributed by atoms with Gasteiger partial charge in [0, 0.05) is 11.4 Å². The van der Waals surface area contributed by atoms with E-state index in [2.05, 4.69) is 15.2 Å². The standard InChI is InChI=1S/C15H17N5/c1-10-9-11(2)20-13(18-19-14(20)17-10)15(3,16)12-7-5-4-6-8-12/h4-9H,16H2,1-3H3. The molecule has 0 saturated carbocycles. The molecule has 20 heavy (non-hydrogen) atoms. The van der Waals surface area contributed by atoms with E-state index in [1.807, 2.05) is 61.6 Å². The van der Waals surface area contributed by atoms with Crippen molar-refractivity contribution < 1.29 is 0 Å². The fourth-order valence-corrected chi connectivity index (χ4v) is 2.48. The normalized spacial score (nSPS) is 14.4. The highest BCUT2D eigenvalue weighted by Crippen LogP contribution is 2.25. The van der Waals surface area contributed by atoms with Crippen molar-refractivity contribution in [2.75, 3.05) is 0 Å². The summed E-state index contributed by atoms with van der Waals surface area (Å²) in [6, 6.07) is 11.9. The Morgan fingerprint density at radius 1 is 1.10 bits per heavy atom. The Hall–Kier alpha value is -2.27. The molecule has 1 aromatic carbocycles. The van der Waals surface area contributed by atoms with E-state index in [-0.39, 0.29) is 0 Å². The first-order valence-corrected chi connectivity index (χ1v) is 6.54. The Balaban J connectivity index is 2.25. The summed E-state index contributed by atoms with van der Waals surface area (Å²) in [4.78, 5) is 4.40. The molecule has 5 heteroatoms. The van der Waals surface area contributed by atoms with E-state index in [4.69, 9.17) is 5.73 Å². The summed E-state index contributed by atoms with van der Waals surface area (Å²) in [6.07, 6.45) is 0. The van der Waals surface area contributed by atoms with Crippen LogP contribution in [-0.4, -0.2) is 19.6 Å². The van der Waals surface area contributed by atoms with Gasteiger partial charge in [-0.25, -0.2) is 4.98 Å². The highest BCUT2D eigenvalue weighted by molar-refractivity contribution is 5.38. The van der Waals surface area contributed by atoms with Crippen LogP contribution in [0.1, 0.15) is 29.7 Å². The predicted molar refractivity (Wildman–Crippen MR) is 77.3 cm³/mol. The van der Waals surface area contributed by atoms with Crippen molar-refractivity contribution in [1.82, 2.24) is 19.6 Å². The molecule has 0 aliphatic carbocycles. The molecular weight excluding hydrogens is 250 g/mol. The van der Waals surface area contributed by atoms with Crippen LogP contribution >= 0.6 is 0 Å². The van der Waals surface area contributed by atoms with E-state index in [1.165, 1.54) is 0 Å². The summed E-state index contributed by atoms with van der Waals surface area (Å²) in [7, 11) is 0. The number of hydrogen-bond donors (Lipinski definition) is 1. The van der Waals surface area contributed by atoms with E-state index in [1.54, 1.807) is 0 Å². The van der Waals surface area contributed by atoms with Crippen LogP contribution in [0.25, 0.3) is 5.78 Å². The van der Waals surface area contributed by atoms with Crippen LogP contribution in [0.3, 0.4) is 0 Å². The maximum Gasteiger partial charge on any atom is 0.255 e. The number of aryl methyl sites for hydroxylation is 2. The molecule has 102 valence electrons. The number of hydrogen-bond acceptors (Lipinski definition) is 4.